The topological polar surface area (TPSA) is 43.4 Å². The van der Waals surface area contributed by atoms with E-state index in [1.165, 1.54) is 0 Å². The zero-order valence-corrected chi connectivity index (χ0v) is 20.3. The smallest absolute Gasteiger partial charge is 0.147 e. The van der Waals surface area contributed by atoms with Crippen LogP contribution in [0.5, 0.6) is 0 Å². The van der Waals surface area contributed by atoms with Crippen LogP contribution in [0.2, 0.25) is 0 Å². The maximum atomic E-state index is 5.89. The highest BCUT2D eigenvalue weighted by molar-refractivity contribution is 8.84. The summed E-state index contributed by atoms with van der Waals surface area (Å²) in [6, 6.07) is 0. The Balaban J connectivity index is 1.78. The van der Waals surface area contributed by atoms with E-state index in [-0.39, 0.29) is 16.9 Å². The van der Waals surface area contributed by atoms with E-state index in [1.54, 1.807) is 21.6 Å². The second-order valence-corrected chi connectivity index (χ2v) is 10.5. The molecule has 0 aliphatic carbocycles. The van der Waals surface area contributed by atoms with E-state index in [1.807, 2.05) is 13.8 Å². The maximum Gasteiger partial charge on any atom is 0.147 e. The van der Waals surface area contributed by atoms with Gasteiger partial charge in [-0.1, -0.05) is 23.0 Å². The number of thiol groups is 1. The zero-order valence-electron chi connectivity index (χ0n) is 16.9. The molecule has 2 aliphatic rings. The average molecular weight is 471 g/mol. The van der Waals surface area contributed by atoms with Crippen LogP contribution in [0.1, 0.15) is 26.7 Å². The minimum Gasteiger partial charge on any atom is -0.379 e. The molecule has 3 unspecified atom stereocenters. The van der Waals surface area contributed by atoms with Gasteiger partial charge in [0.1, 0.15) is 9.03 Å². The Labute approximate surface area is 188 Å². The zero-order chi connectivity index (χ0) is 20.2. The fraction of sp³-hybridized carbons (Fsp3) is 0.944. The molecule has 164 valence electrons. The molecule has 28 heavy (non-hydrogen) atoms. The Kier molecular flexibility index (Phi) is 13.1. The number of hydrogen-bond donors (Lipinski definition) is 1. The molecule has 3 atom stereocenters. The lowest BCUT2D eigenvalue weighted by atomic mass is 10.3. The molecule has 0 aromatic carbocycles. The van der Waals surface area contributed by atoms with Crippen molar-refractivity contribution >= 4 is 50.8 Å². The van der Waals surface area contributed by atoms with Gasteiger partial charge in [-0.25, -0.2) is 0 Å². The lowest BCUT2D eigenvalue weighted by Crippen LogP contribution is -2.38. The van der Waals surface area contributed by atoms with Gasteiger partial charge in [0.2, 0.25) is 0 Å². The summed E-state index contributed by atoms with van der Waals surface area (Å²) >= 11 is 10.5. The van der Waals surface area contributed by atoms with E-state index in [4.69, 9.17) is 43.8 Å². The van der Waals surface area contributed by atoms with Gasteiger partial charge in [0, 0.05) is 52.6 Å². The van der Waals surface area contributed by atoms with Crippen molar-refractivity contribution < 1.29 is 18.9 Å². The molecule has 2 saturated heterocycles. The molecule has 0 N–H and O–H groups in total. The predicted molar refractivity (Wildman–Crippen MR) is 125 cm³/mol. The summed E-state index contributed by atoms with van der Waals surface area (Å²) in [5, 5.41) is 0. The van der Waals surface area contributed by atoms with E-state index >= 15 is 0 Å². The molecule has 0 radical (unpaired) electrons. The quantitative estimate of drug-likeness (QED) is 0.237. The van der Waals surface area contributed by atoms with Gasteiger partial charge in [-0.2, -0.15) is 0 Å². The monoisotopic (exact) mass is 470 g/mol. The Morgan fingerprint density at radius 2 is 1.68 bits per heavy atom. The van der Waals surface area contributed by atoms with Crippen LogP contribution in [0, 0.1) is 0 Å². The molecule has 0 amide bonds. The first kappa shape index (κ1) is 25.0. The summed E-state index contributed by atoms with van der Waals surface area (Å²) in [4.78, 5) is 4.59. The maximum absolute atomic E-state index is 5.89. The van der Waals surface area contributed by atoms with Gasteiger partial charge < -0.3 is 23.8 Å². The standard InChI is InChI=1S/C18H34N2O4S4/c1-3-21-13-15-11-19(7-5-9-23-15)17(25)27-28-18(26)20-8-6-10-24-16(12-20)14-22-4-2/h15-17,25H,3-14H2,1-2H3. The van der Waals surface area contributed by atoms with E-state index < -0.39 is 0 Å². The third-order valence-corrected chi connectivity index (χ3v) is 8.69. The molecule has 0 bridgehead atoms. The van der Waals surface area contributed by atoms with Crippen molar-refractivity contribution in [3.05, 3.63) is 0 Å². The molecule has 0 aromatic heterocycles. The van der Waals surface area contributed by atoms with Crippen molar-refractivity contribution in [2.45, 2.75) is 43.6 Å². The number of hydrogen-bond acceptors (Lipinski definition) is 9. The summed E-state index contributed by atoms with van der Waals surface area (Å²) in [5.41, 5.74) is 0. The van der Waals surface area contributed by atoms with Crippen molar-refractivity contribution in [3.8, 4) is 0 Å². The van der Waals surface area contributed by atoms with E-state index in [9.17, 15) is 0 Å². The van der Waals surface area contributed by atoms with E-state index in [2.05, 4.69) is 9.80 Å². The van der Waals surface area contributed by atoms with Gasteiger partial charge >= 0.3 is 0 Å². The molecular weight excluding hydrogens is 436 g/mol. The van der Waals surface area contributed by atoms with Gasteiger partial charge in [0.25, 0.3) is 0 Å². The normalized spacial score (nSPS) is 25.9. The highest BCUT2D eigenvalue weighted by atomic mass is 33.1. The molecule has 6 nitrogen and oxygen atoms in total. The molecule has 2 fully saturated rings. The molecule has 10 heteroatoms. The van der Waals surface area contributed by atoms with Gasteiger partial charge in [-0.15, -0.1) is 12.6 Å². The molecule has 0 spiro atoms. The second-order valence-electron chi connectivity index (χ2n) is 6.72. The Bertz CT molecular complexity index is 450. The number of ether oxygens (including phenoxy) is 4. The summed E-state index contributed by atoms with van der Waals surface area (Å²) in [6.07, 6.45) is 2.19. The van der Waals surface area contributed by atoms with Crippen LogP contribution in [-0.4, -0.2) is 96.9 Å². The molecule has 2 rings (SSSR count). The fourth-order valence-corrected chi connectivity index (χ4v) is 6.14. The summed E-state index contributed by atoms with van der Waals surface area (Å²) in [5.74, 6) is 0. The van der Waals surface area contributed by atoms with Crippen LogP contribution in [0.25, 0.3) is 0 Å². The van der Waals surface area contributed by atoms with E-state index in [0.717, 1.165) is 56.6 Å². The van der Waals surface area contributed by atoms with Crippen LogP contribution in [0.4, 0.5) is 0 Å². The lowest BCUT2D eigenvalue weighted by Gasteiger charge is -2.29. The summed E-state index contributed by atoms with van der Waals surface area (Å²) in [7, 11) is 3.33. The molecule has 0 saturated carbocycles. The van der Waals surface area contributed by atoms with Crippen LogP contribution in [0.3, 0.4) is 0 Å². The Morgan fingerprint density at radius 1 is 1.07 bits per heavy atom. The first-order chi connectivity index (χ1) is 13.6. The van der Waals surface area contributed by atoms with Crippen LogP contribution in [0.15, 0.2) is 0 Å². The lowest BCUT2D eigenvalue weighted by molar-refractivity contribution is -0.0122. The third kappa shape index (κ3) is 9.26. The van der Waals surface area contributed by atoms with Crippen molar-refractivity contribution in [2.24, 2.45) is 0 Å². The minimum atomic E-state index is 0.0660. The van der Waals surface area contributed by atoms with Gasteiger partial charge in [0.05, 0.1) is 25.4 Å². The second kappa shape index (κ2) is 14.7. The van der Waals surface area contributed by atoms with Gasteiger partial charge in [0.15, 0.2) is 0 Å². The van der Waals surface area contributed by atoms with Crippen molar-refractivity contribution in [1.82, 2.24) is 9.80 Å². The minimum absolute atomic E-state index is 0.0660. The largest absolute Gasteiger partial charge is 0.379 e. The number of rotatable bonds is 9. The Morgan fingerprint density at radius 3 is 2.32 bits per heavy atom. The van der Waals surface area contributed by atoms with Gasteiger partial charge in [-0.05, 0) is 37.5 Å². The molecular formula is C18H34N2O4S4. The van der Waals surface area contributed by atoms with Crippen molar-refractivity contribution in [3.63, 3.8) is 0 Å². The number of thiocarbonyl (C=S) groups is 1. The number of nitrogens with zero attached hydrogens (tertiary/aromatic N) is 2. The summed E-state index contributed by atoms with van der Waals surface area (Å²) < 4.78 is 23.8. The average Bonchev–Trinajstić information content (AvgIpc) is 3.09. The highest BCUT2D eigenvalue weighted by Crippen LogP contribution is 2.34. The first-order valence-electron chi connectivity index (χ1n) is 10.1. The summed E-state index contributed by atoms with van der Waals surface area (Å²) in [6.45, 7) is 11.8. The Hall–Kier alpha value is 0.740. The molecule has 0 aromatic rings. The molecule has 2 heterocycles. The highest BCUT2D eigenvalue weighted by Gasteiger charge is 2.26. The SMILES string of the molecule is CCOCC1CN(C(=S)SSC(S)N2CCCOC(COCC)C2)CCCO1. The third-order valence-electron chi connectivity index (χ3n) is 4.52. The van der Waals surface area contributed by atoms with Crippen LogP contribution < -0.4 is 0 Å². The first-order valence-corrected chi connectivity index (χ1v) is 13.2. The predicted octanol–water partition coefficient (Wildman–Crippen LogP) is 3.12. The van der Waals surface area contributed by atoms with Crippen LogP contribution >= 0.6 is 46.4 Å². The van der Waals surface area contributed by atoms with Crippen LogP contribution in [-0.2, 0) is 18.9 Å². The van der Waals surface area contributed by atoms with Crippen molar-refractivity contribution in [1.29, 1.82) is 0 Å². The van der Waals surface area contributed by atoms with Gasteiger partial charge in [-0.3, -0.25) is 4.90 Å². The van der Waals surface area contributed by atoms with E-state index in [0.29, 0.717) is 26.4 Å². The van der Waals surface area contributed by atoms with Crippen molar-refractivity contribution in [2.75, 3.05) is 65.8 Å². The molecule has 2 aliphatic heterocycles. The fourth-order valence-electron chi connectivity index (χ4n) is 3.08.